The molecule has 0 radical (unpaired) electrons. The van der Waals surface area contributed by atoms with E-state index < -0.39 is 17.4 Å². The molecule has 1 amide bonds. The van der Waals surface area contributed by atoms with E-state index in [-0.39, 0.29) is 17.0 Å². The lowest BCUT2D eigenvalue weighted by molar-refractivity contribution is 0.0943. The number of H-pyrrole nitrogens is 1. The summed E-state index contributed by atoms with van der Waals surface area (Å²) in [6.45, 7) is 4.54. The summed E-state index contributed by atoms with van der Waals surface area (Å²) < 4.78 is 36.6. The average Bonchev–Trinajstić information content (AvgIpc) is 3.46. The Balaban J connectivity index is 0.000000956. The number of hydrogen-bond donors (Lipinski definition) is 3. The number of fused-ring (bicyclic) bond motifs is 1. The van der Waals surface area contributed by atoms with E-state index in [4.69, 9.17) is 0 Å². The van der Waals surface area contributed by atoms with Crippen molar-refractivity contribution in [2.45, 2.75) is 45.4 Å². The first-order valence-electron chi connectivity index (χ1n) is 12.9. The third-order valence-corrected chi connectivity index (χ3v) is 6.84. The largest absolute Gasteiger partial charge is 0.507 e. The van der Waals surface area contributed by atoms with Crippen molar-refractivity contribution in [2.75, 3.05) is 13.7 Å². The second-order valence-electron chi connectivity index (χ2n) is 8.91. The van der Waals surface area contributed by atoms with Gasteiger partial charge in [0.15, 0.2) is 11.6 Å². The maximum absolute atomic E-state index is 13.7. The normalized spacial score (nSPS) is 16.6. The number of benzene rings is 2. The van der Waals surface area contributed by atoms with Gasteiger partial charge in [0.25, 0.3) is 5.91 Å². The molecule has 0 aliphatic heterocycles. The Kier molecular flexibility index (Phi) is 10.3. The van der Waals surface area contributed by atoms with Crippen LogP contribution in [0.1, 0.15) is 61.4 Å². The molecule has 0 bridgehead atoms. The van der Waals surface area contributed by atoms with Crippen molar-refractivity contribution in [1.29, 1.82) is 0 Å². The quantitative estimate of drug-likeness (QED) is 0.252. The van der Waals surface area contributed by atoms with Crippen LogP contribution in [-0.4, -0.2) is 34.7 Å². The molecule has 202 valence electrons. The molecule has 4 aromatic rings. The summed E-state index contributed by atoms with van der Waals surface area (Å²) in [5.41, 5.74) is 3.02. The molecule has 1 aliphatic rings. The first-order chi connectivity index (χ1) is 18.5. The van der Waals surface area contributed by atoms with E-state index in [1.165, 1.54) is 23.3 Å². The molecule has 2 aromatic heterocycles. The van der Waals surface area contributed by atoms with E-state index in [0.29, 0.717) is 37.2 Å². The fraction of sp³-hybridized carbons (Fsp3) is 0.333. The van der Waals surface area contributed by atoms with E-state index in [2.05, 4.69) is 27.4 Å². The molecular formula is C30H34F3N3O2. The molecule has 1 fully saturated rings. The fourth-order valence-electron chi connectivity index (χ4n) is 5.01. The van der Waals surface area contributed by atoms with E-state index in [1.54, 1.807) is 0 Å². The highest BCUT2D eigenvalue weighted by Gasteiger charge is 2.25. The number of halogens is 3. The first kappa shape index (κ1) is 28.8. The predicted molar refractivity (Wildman–Crippen MR) is 145 cm³/mol. The Morgan fingerprint density at radius 1 is 1.00 bits per heavy atom. The van der Waals surface area contributed by atoms with Crippen molar-refractivity contribution < 1.29 is 23.1 Å². The zero-order valence-electron chi connectivity index (χ0n) is 21.9. The number of phenols is 1. The van der Waals surface area contributed by atoms with Crippen LogP contribution in [-0.2, 0) is 0 Å². The molecule has 0 unspecified atom stereocenters. The number of carbonyl (C=O) groups excluding carboxylic acids is 1. The number of nitrogens with one attached hydrogen (secondary N) is 2. The van der Waals surface area contributed by atoms with E-state index in [0.717, 1.165) is 37.3 Å². The fourth-order valence-corrected chi connectivity index (χ4v) is 5.01. The highest BCUT2D eigenvalue weighted by atomic mass is 19.2. The number of aromatic amines is 1. The van der Waals surface area contributed by atoms with Gasteiger partial charge < -0.3 is 15.4 Å². The monoisotopic (exact) mass is 525 g/mol. The molecule has 5 rings (SSSR count). The molecule has 1 saturated carbocycles. The molecule has 0 spiro atoms. The number of para-hydroxylation sites is 1. The van der Waals surface area contributed by atoms with E-state index in [1.807, 2.05) is 38.2 Å². The number of hydrogen-bond acceptors (Lipinski definition) is 3. The summed E-state index contributed by atoms with van der Waals surface area (Å²) in [6, 6.07) is 11.9. The smallest absolute Gasteiger partial charge is 0.253 e. The average molecular weight is 526 g/mol. The summed E-state index contributed by atoms with van der Waals surface area (Å²) in [7, 11) is 0.500. The van der Waals surface area contributed by atoms with Crippen molar-refractivity contribution in [3.63, 3.8) is 0 Å². The van der Waals surface area contributed by atoms with E-state index >= 15 is 0 Å². The van der Waals surface area contributed by atoms with Crippen molar-refractivity contribution in [1.82, 2.24) is 15.3 Å². The minimum atomic E-state index is -1.14. The van der Waals surface area contributed by atoms with Crippen LogP contribution in [0.2, 0.25) is 0 Å². The number of aromatic nitrogens is 2. The topological polar surface area (TPSA) is 78.0 Å². The van der Waals surface area contributed by atoms with Gasteiger partial charge in [0.05, 0.1) is 18.3 Å². The minimum Gasteiger partial charge on any atom is -0.507 e. The number of rotatable bonds is 5. The standard InChI is InChI=1S/C27H25F2N3O2.C2H6.CH3F/c28-23-11-20(26(33)12-24(23)29)21-14-30-15-22(21)27(34)32-13-16-5-7-17(8-6-16)18-9-10-31-25-4-2-1-3-19(18)25;2*1-2/h1-4,9-12,14-17,30,33H,5-8,13H2,(H,32,34);1-2H3;1H3. The zero-order chi connectivity index (χ0) is 27.7. The maximum atomic E-state index is 13.7. The second-order valence-corrected chi connectivity index (χ2v) is 8.91. The molecular weight excluding hydrogens is 491 g/mol. The van der Waals surface area contributed by atoms with Gasteiger partial charge >= 0.3 is 0 Å². The Hall–Kier alpha value is -3.81. The molecule has 8 heteroatoms. The molecule has 3 N–H and O–H groups in total. The molecule has 1 aliphatic carbocycles. The van der Waals surface area contributed by atoms with Crippen molar-refractivity contribution >= 4 is 16.8 Å². The lowest BCUT2D eigenvalue weighted by atomic mass is 9.78. The summed E-state index contributed by atoms with van der Waals surface area (Å²) in [6.07, 6.45) is 8.97. The van der Waals surface area contributed by atoms with Crippen LogP contribution in [0, 0.1) is 17.6 Å². The van der Waals surface area contributed by atoms with Crippen molar-refractivity contribution in [3.05, 3.63) is 83.8 Å². The Morgan fingerprint density at radius 2 is 1.68 bits per heavy atom. The lowest BCUT2D eigenvalue weighted by Crippen LogP contribution is -2.31. The third kappa shape index (κ3) is 6.36. The number of alkyl halides is 1. The zero-order valence-corrected chi connectivity index (χ0v) is 21.9. The molecule has 2 heterocycles. The highest BCUT2D eigenvalue weighted by molar-refractivity contribution is 6.01. The van der Waals surface area contributed by atoms with Gasteiger partial charge in [0.1, 0.15) is 5.75 Å². The van der Waals surface area contributed by atoms with Gasteiger partial charge in [-0.05, 0) is 61.3 Å². The van der Waals surface area contributed by atoms with Crippen LogP contribution in [0.5, 0.6) is 5.75 Å². The summed E-state index contributed by atoms with van der Waals surface area (Å²) >= 11 is 0. The van der Waals surface area contributed by atoms with Crippen LogP contribution in [0.25, 0.3) is 22.0 Å². The van der Waals surface area contributed by atoms with Crippen LogP contribution in [0.3, 0.4) is 0 Å². The van der Waals surface area contributed by atoms with Gasteiger partial charge in [-0.3, -0.25) is 14.2 Å². The van der Waals surface area contributed by atoms with Gasteiger partial charge in [-0.15, -0.1) is 0 Å². The maximum Gasteiger partial charge on any atom is 0.253 e. The number of amides is 1. The van der Waals surface area contributed by atoms with Gasteiger partial charge in [0.2, 0.25) is 0 Å². The first-order valence-corrected chi connectivity index (χ1v) is 12.9. The van der Waals surface area contributed by atoms with E-state index in [9.17, 15) is 23.1 Å². The number of aromatic hydroxyl groups is 1. The van der Waals surface area contributed by atoms with Gasteiger partial charge in [0, 0.05) is 47.7 Å². The van der Waals surface area contributed by atoms with Crippen LogP contribution in [0.15, 0.2) is 61.1 Å². The van der Waals surface area contributed by atoms with Crippen molar-refractivity contribution in [2.24, 2.45) is 5.92 Å². The van der Waals surface area contributed by atoms with Gasteiger partial charge in [-0.1, -0.05) is 32.0 Å². The summed E-state index contributed by atoms with van der Waals surface area (Å²) in [4.78, 5) is 20.1. The Morgan fingerprint density at radius 3 is 2.42 bits per heavy atom. The van der Waals surface area contributed by atoms with Crippen LogP contribution >= 0.6 is 0 Å². The minimum absolute atomic E-state index is 0.0652. The molecule has 5 nitrogen and oxygen atoms in total. The predicted octanol–water partition coefficient (Wildman–Crippen LogP) is 7.53. The second kappa shape index (κ2) is 13.7. The number of phenolic OH excluding ortho intramolecular Hbond substituents is 1. The SMILES string of the molecule is CC.CF.O=C(NCC1CCC(c2ccnc3ccccc23)CC1)c1c[nH]cc1-c1cc(F)c(F)cc1O. The van der Waals surface area contributed by atoms with Crippen molar-refractivity contribution in [3.8, 4) is 16.9 Å². The molecule has 2 aromatic carbocycles. The molecule has 0 atom stereocenters. The van der Waals surface area contributed by atoms with Crippen LogP contribution in [0.4, 0.5) is 13.2 Å². The third-order valence-electron chi connectivity index (χ3n) is 6.84. The summed E-state index contributed by atoms with van der Waals surface area (Å²) in [5.74, 6) is -2.12. The Bertz CT molecular complexity index is 1340. The van der Waals surface area contributed by atoms with Gasteiger partial charge in [-0.2, -0.15) is 0 Å². The lowest BCUT2D eigenvalue weighted by Gasteiger charge is -2.29. The van der Waals surface area contributed by atoms with Crippen LogP contribution < -0.4 is 5.32 Å². The molecule has 38 heavy (non-hydrogen) atoms. The number of pyridine rings is 1. The Labute approximate surface area is 221 Å². The highest BCUT2D eigenvalue weighted by Crippen LogP contribution is 2.38. The number of carbonyl (C=O) groups is 1. The van der Waals surface area contributed by atoms with Gasteiger partial charge in [-0.25, -0.2) is 8.78 Å². The molecule has 0 saturated heterocycles. The number of nitrogens with zero attached hydrogens (tertiary/aromatic N) is 1. The summed E-state index contributed by atoms with van der Waals surface area (Å²) in [5, 5.41) is 14.2.